The number of benzene rings is 1. The fourth-order valence-corrected chi connectivity index (χ4v) is 2.47. The zero-order valence-electron chi connectivity index (χ0n) is 10.3. The Bertz CT molecular complexity index is 392. The van der Waals surface area contributed by atoms with Crippen molar-refractivity contribution in [2.24, 2.45) is 0 Å². The van der Waals surface area contributed by atoms with E-state index in [2.05, 4.69) is 19.1 Å². The molecular formula is C14H20O2. The zero-order valence-corrected chi connectivity index (χ0v) is 10.3. The first-order chi connectivity index (χ1) is 7.60. The number of hydrogen-bond acceptors (Lipinski definition) is 2. The van der Waals surface area contributed by atoms with Gasteiger partial charge in [-0.15, -0.1) is 0 Å². The third-order valence-corrected chi connectivity index (χ3v) is 3.65. The third-order valence-electron chi connectivity index (χ3n) is 3.65. The van der Waals surface area contributed by atoms with E-state index in [4.69, 9.17) is 4.74 Å². The highest BCUT2D eigenvalue weighted by Gasteiger charge is 2.36. The molecule has 16 heavy (non-hydrogen) atoms. The number of ether oxygens (including phenoxy) is 1. The maximum Gasteiger partial charge on any atom is 0.124 e. The lowest BCUT2D eigenvalue weighted by Gasteiger charge is -2.37. The smallest absolute Gasteiger partial charge is 0.124 e. The molecule has 1 saturated carbocycles. The van der Waals surface area contributed by atoms with Crippen molar-refractivity contribution < 1.29 is 9.84 Å². The van der Waals surface area contributed by atoms with Gasteiger partial charge in [-0.05, 0) is 61.4 Å². The van der Waals surface area contributed by atoms with E-state index in [-0.39, 0.29) is 0 Å². The second kappa shape index (κ2) is 4.10. The Kier molecular flexibility index (Phi) is 2.94. The first-order valence-electron chi connectivity index (χ1n) is 6.01. The van der Waals surface area contributed by atoms with Gasteiger partial charge in [0.25, 0.3) is 0 Å². The normalized spacial score (nSPS) is 18.0. The molecule has 2 heteroatoms. The van der Waals surface area contributed by atoms with Gasteiger partial charge in [0.15, 0.2) is 0 Å². The Hall–Kier alpha value is -1.02. The molecule has 0 amide bonds. The van der Waals surface area contributed by atoms with Gasteiger partial charge in [-0.25, -0.2) is 0 Å². The highest BCUT2D eigenvalue weighted by atomic mass is 16.5. The number of aryl methyl sites for hydroxylation is 2. The molecule has 2 nitrogen and oxygen atoms in total. The standard InChI is InChI=1S/C14H20O2/c1-4-11-9-12(14(15)6-5-7-14)8-10(2)13(11)16-3/h8-9,15H,4-7H2,1-3H3. The van der Waals surface area contributed by atoms with Crippen LogP contribution in [0.2, 0.25) is 0 Å². The number of rotatable bonds is 3. The lowest BCUT2D eigenvalue weighted by molar-refractivity contribution is -0.0389. The lowest BCUT2D eigenvalue weighted by atomic mass is 9.74. The average Bonchev–Trinajstić information content (AvgIpc) is 2.24. The predicted octanol–water partition coefficient (Wildman–Crippen LogP) is 2.94. The van der Waals surface area contributed by atoms with E-state index in [0.29, 0.717) is 0 Å². The van der Waals surface area contributed by atoms with Gasteiger partial charge in [0.1, 0.15) is 5.75 Å². The maximum absolute atomic E-state index is 10.3. The Morgan fingerprint density at radius 2 is 2.06 bits per heavy atom. The molecule has 0 atom stereocenters. The molecule has 88 valence electrons. The van der Waals surface area contributed by atoms with Crippen LogP contribution in [0.3, 0.4) is 0 Å². The van der Waals surface area contributed by atoms with Gasteiger partial charge in [0, 0.05) is 0 Å². The van der Waals surface area contributed by atoms with Crippen molar-refractivity contribution in [1.82, 2.24) is 0 Å². The van der Waals surface area contributed by atoms with Crippen molar-refractivity contribution in [2.45, 2.75) is 45.1 Å². The minimum absolute atomic E-state index is 0.569. The molecule has 0 saturated heterocycles. The second-order valence-electron chi connectivity index (χ2n) is 4.72. The number of methoxy groups -OCH3 is 1. The largest absolute Gasteiger partial charge is 0.496 e. The summed E-state index contributed by atoms with van der Waals surface area (Å²) in [5.41, 5.74) is 2.81. The summed E-state index contributed by atoms with van der Waals surface area (Å²) in [5, 5.41) is 10.3. The van der Waals surface area contributed by atoms with Crippen LogP contribution in [0.4, 0.5) is 0 Å². The molecule has 2 rings (SSSR count). The van der Waals surface area contributed by atoms with Crippen molar-refractivity contribution in [3.8, 4) is 5.75 Å². The quantitative estimate of drug-likeness (QED) is 0.848. The summed E-state index contributed by atoms with van der Waals surface area (Å²) in [7, 11) is 1.71. The summed E-state index contributed by atoms with van der Waals surface area (Å²) in [6.45, 7) is 4.16. The lowest BCUT2D eigenvalue weighted by Crippen LogP contribution is -2.33. The molecule has 1 aromatic carbocycles. The summed E-state index contributed by atoms with van der Waals surface area (Å²) in [5.74, 6) is 0.967. The van der Waals surface area contributed by atoms with E-state index in [0.717, 1.165) is 42.6 Å². The van der Waals surface area contributed by atoms with Crippen molar-refractivity contribution in [3.05, 3.63) is 28.8 Å². The molecule has 0 unspecified atom stereocenters. The molecule has 0 aromatic heterocycles. The highest BCUT2D eigenvalue weighted by Crippen LogP contribution is 2.43. The molecule has 0 spiro atoms. The van der Waals surface area contributed by atoms with Crippen LogP contribution in [0.15, 0.2) is 12.1 Å². The van der Waals surface area contributed by atoms with Crippen LogP contribution in [0.5, 0.6) is 5.75 Å². The number of aliphatic hydroxyl groups is 1. The molecule has 1 aromatic rings. The van der Waals surface area contributed by atoms with Crippen LogP contribution in [-0.4, -0.2) is 12.2 Å². The van der Waals surface area contributed by atoms with Crippen LogP contribution in [-0.2, 0) is 12.0 Å². The van der Waals surface area contributed by atoms with Gasteiger partial charge < -0.3 is 9.84 Å². The first kappa shape index (κ1) is 11.5. The van der Waals surface area contributed by atoms with Crippen molar-refractivity contribution in [2.75, 3.05) is 7.11 Å². The van der Waals surface area contributed by atoms with Gasteiger partial charge in [-0.2, -0.15) is 0 Å². The van der Waals surface area contributed by atoms with Gasteiger partial charge in [0.2, 0.25) is 0 Å². The SMILES string of the molecule is CCc1cc(C2(O)CCC2)cc(C)c1OC. The Balaban J connectivity index is 2.45. The van der Waals surface area contributed by atoms with Crippen LogP contribution in [0, 0.1) is 6.92 Å². The molecular weight excluding hydrogens is 200 g/mol. The highest BCUT2D eigenvalue weighted by molar-refractivity contribution is 5.46. The summed E-state index contributed by atoms with van der Waals surface area (Å²) in [6.07, 6.45) is 3.85. The molecule has 0 aliphatic heterocycles. The monoisotopic (exact) mass is 220 g/mol. The Morgan fingerprint density at radius 3 is 2.50 bits per heavy atom. The second-order valence-corrected chi connectivity index (χ2v) is 4.72. The van der Waals surface area contributed by atoms with E-state index in [1.54, 1.807) is 7.11 Å². The summed E-state index contributed by atoms with van der Waals surface area (Å²) in [6, 6.07) is 4.17. The Labute approximate surface area is 97.3 Å². The minimum atomic E-state index is -0.569. The van der Waals surface area contributed by atoms with Gasteiger partial charge in [-0.3, -0.25) is 0 Å². The minimum Gasteiger partial charge on any atom is -0.496 e. The van der Waals surface area contributed by atoms with Gasteiger partial charge >= 0.3 is 0 Å². The summed E-state index contributed by atoms with van der Waals surface area (Å²) >= 11 is 0. The topological polar surface area (TPSA) is 29.5 Å². The van der Waals surface area contributed by atoms with E-state index < -0.39 is 5.60 Å². The molecule has 1 aliphatic rings. The molecule has 1 fully saturated rings. The van der Waals surface area contributed by atoms with Gasteiger partial charge in [0.05, 0.1) is 12.7 Å². The first-order valence-corrected chi connectivity index (χ1v) is 6.01. The van der Waals surface area contributed by atoms with Crippen molar-refractivity contribution in [1.29, 1.82) is 0 Å². The van der Waals surface area contributed by atoms with Crippen LogP contribution in [0.1, 0.15) is 42.9 Å². The average molecular weight is 220 g/mol. The predicted molar refractivity (Wildman–Crippen MR) is 64.9 cm³/mol. The fraction of sp³-hybridized carbons (Fsp3) is 0.571. The summed E-state index contributed by atoms with van der Waals surface area (Å²) in [4.78, 5) is 0. The molecule has 0 radical (unpaired) electrons. The van der Waals surface area contributed by atoms with Crippen LogP contribution in [0.25, 0.3) is 0 Å². The van der Waals surface area contributed by atoms with Crippen LogP contribution < -0.4 is 4.74 Å². The molecule has 1 N–H and O–H groups in total. The summed E-state index contributed by atoms with van der Waals surface area (Å²) < 4.78 is 5.40. The molecule has 1 aliphatic carbocycles. The van der Waals surface area contributed by atoms with Crippen molar-refractivity contribution >= 4 is 0 Å². The number of hydrogen-bond donors (Lipinski definition) is 1. The van der Waals surface area contributed by atoms with E-state index in [1.165, 1.54) is 5.56 Å². The van der Waals surface area contributed by atoms with Crippen molar-refractivity contribution in [3.63, 3.8) is 0 Å². The Morgan fingerprint density at radius 1 is 1.38 bits per heavy atom. The molecule has 0 heterocycles. The molecule has 0 bridgehead atoms. The maximum atomic E-state index is 10.3. The zero-order chi connectivity index (χ0) is 11.8. The van der Waals surface area contributed by atoms with E-state index >= 15 is 0 Å². The van der Waals surface area contributed by atoms with E-state index in [9.17, 15) is 5.11 Å². The third kappa shape index (κ3) is 1.71. The van der Waals surface area contributed by atoms with Crippen LogP contribution >= 0.6 is 0 Å². The van der Waals surface area contributed by atoms with Gasteiger partial charge in [-0.1, -0.05) is 6.92 Å². The fourth-order valence-electron chi connectivity index (χ4n) is 2.47. The van der Waals surface area contributed by atoms with E-state index in [1.807, 2.05) is 6.92 Å².